The summed E-state index contributed by atoms with van der Waals surface area (Å²) < 4.78 is 1.93. The molecule has 9 heteroatoms. The maximum atomic E-state index is 13.1. The average molecular weight is 485 g/mol. The summed E-state index contributed by atoms with van der Waals surface area (Å²) >= 11 is 0. The van der Waals surface area contributed by atoms with E-state index in [0.717, 1.165) is 79.4 Å². The van der Waals surface area contributed by atoms with Gasteiger partial charge in [-0.25, -0.2) is 9.67 Å². The smallest absolute Gasteiger partial charge is 0.217 e. The highest BCUT2D eigenvalue weighted by Crippen LogP contribution is 2.29. The van der Waals surface area contributed by atoms with Crippen LogP contribution in [-0.4, -0.2) is 46.2 Å². The molecule has 186 valence electrons. The number of unbranched alkanes of at least 4 members (excludes halogenated alkanes) is 2. The molecule has 1 aliphatic rings. The van der Waals surface area contributed by atoms with Crippen LogP contribution in [0.15, 0.2) is 42.7 Å². The van der Waals surface area contributed by atoms with Crippen molar-refractivity contribution in [1.82, 2.24) is 40.4 Å². The van der Waals surface area contributed by atoms with Crippen molar-refractivity contribution in [3.63, 3.8) is 0 Å². The Morgan fingerprint density at radius 2 is 1.89 bits per heavy atom. The fourth-order valence-electron chi connectivity index (χ4n) is 4.93. The number of aromatic amines is 1. The summed E-state index contributed by atoms with van der Waals surface area (Å²) in [5, 5.41) is 19.1. The average Bonchev–Trinajstić information content (AvgIpc) is 3.60. The molecule has 0 bridgehead atoms. The van der Waals surface area contributed by atoms with Gasteiger partial charge in [-0.3, -0.25) is 9.78 Å². The lowest BCUT2D eigenvalue weighted by Gasteiger charge is -2.18. The largest absolute Gasteiger partial charge is 0.290 e. The Kier molecular flexibility index (Phi) is 7.54. The van der Waals surface area contributed by atoms with Crippen LogP contribution in [0.25, 0.3) is 22.5 Å². The number of rotatable bonds is 10. The molecule has 36 heavy (non-hydrogen) atoms. The molecule has 0 radical (unpaired) electrons. The molecule has 0 spiro atoms. The number of carbonyl (C=O) groups excluding carboxylic acids is 1. The molecule has 0 unspecified atom stereocenters. The van der Waals surface area contributed by atoms with E-state index in [-0.39, 0.29) is 11.7 Å². The maximum absolute atomic E-state index is 13.1. The summed E-state index contributed by atoms with van der Waals surface area (Å²) in [6, 6.07) is 10.3. The zero-order valence-corrected chi connectivity index (χ0v) is 20.7. The van der Waals surface area contributed by atoms with Crippen LogP contribution in [0.5, 0.6) is 0 Å². The van der Waals surface area contributed by atoms with E-state index >= 15 is 0 Å². The van der Waals surface area contributed by atoms with E-state index < -0.39 is 0 Å². The van der Waals surface area contributed by atoms with Crippen LogP contribution in [0.3, 0.4) is 0 Å². The minimum Gasteiger partial charge on any atom is -0.290 e. The molecule has 0 amide bonds. The van der Waals surface area contributed by atoms with Gasteiger partial charge in [0.1, 0.15) is 5.82 Å². The van der Waals surface area contributed by atoms with Gasteiger partial charge in [0.2, 0.25) is 17.4 Å². The predicted molar refractivity (Wildman–Crippen MR) is 136 cm³/mol. The molecular weight excluding hydrogens is 452 g/mol. The summed E-state index contributed by atoms with van der Waals surface area (Å²) in [7, 11) is 0. The first-order valence-electron chi connectivity index (χ1n) is 13.0. The topological polar surface area (TPSA) is 115 Å². The molecule has 0 aliphatic heterocycles. The van der Waals surface area contributed by atoms with Crippen molar-refractivity contribution in [2.45, 2.75) is 71.3 Å². The molecule has 4 aromatic rings. The van der Waals surface area contributed by atoms with E-state index in [1.54, 1.807) is 12.4 Å². The zero-order valence-electron chi connectivity index (χ0n) is 20.7. The van der Waals surface area contributed by atoms with Crippen molar-refractivity contribution in [2.75, 3.05) is 0 Å². The number of pyridine rings is 1. The van der Waals surface area contributed by atoms with E-state index in [2.05, 4.69) is 56.8 Å². The molecule has 1 aliphatic carbocycles. The lowest BCUT2D eigenvalue weighted by molar-refractivity contribution is 0.0878. The normalized spacial score (nSPS) is 14.2. The lowest BCUT2D eigenvalue weighted by atomic mass is 9.86. The Morgan fingerprint density at radius 3 is 2.64 bits per heavy atom. The van der Waals surface area contributed by atoms with Crippen LogP contribution < -0.4 is 0 Å². The number of nitrogens with one attached hydrogen (secondary N) is 1. The summed E-state index contributed by atoms with van der Waals surface area (Å²) in [5.74, 6) is 2.00. The van der Waals surface area contributed by atoms with Gasteiger partial charge in [0.25, 0.3) is 0 Å². The van der Waals surface area contributed by atoms with E-state index in [9.17, 15) is 4.79 Å². The van der Waals surface area contributed by atoms with Gasteiger partial charge >= 0.3 is 0 Å². The number of benzene rings is 1. The predicted octanol–water partition coefficient (Wildman–Crippen LogP) is 5.06. The SMILES string of the molecule is CCCCCc1nc(C(=O)C2CCCCC2)nn1Cc1ccc(-c2ccncc2-c2nn[nH]n2)cc1. The number of hydrogen-bond acceptors (Lipinski definition) is 7. The van der Waals surface area contributed by atoms with Crippen LogP contribution in [0.4, 0.5) is 0 Å². The second-order valence-electron chi connectivity index (χ2n) is 9.52. The highest BCUT2D eigenvalue weighted by molar-refractivity contribution is 5.94. The number of aromatic nitrogens is 8. The van der Waals surface area contributed by atoms with Gasteiger partial charge < -0.3 is 0 Å². The number of hydrogen-bond donors (Lipinski definition) is 1. The molecule has 1 aromatic carbocycles. The number of aryl methyl sites for hydroxylation is 1. The maximum Gasteiger partial charge on any atom is 0.217 e. The van der Waals surface area contributed by atoms with E-state index in [1.807, 2.05) is 10.7 Å². The highest BCUT2D eigenvalue weighted by Gasteiger charge is 2.26. The zero-order chi connectivity index (χ0) is 24.7. The van der Waals surface area contributed by atoms with Crippen LogP contribution in [0, 0.1) is 5.92 Å². The minimum absolute atomic E-state index is 0.0751. The first kappa shape index (κ1) is 24.0. The van der Waals surface area contributed by atoms with Crippen molar-refractivity contribution in [1.29, 1.82) is 0 Å². The molecule has 0 saturated heterocycles. The van der Waals surface area contributed by atoms with Crippen molar-refractivity contribution < 1.29 is 4.79 Å². The third-order valence-corrected chi connectivity index (χ3v) is 6.95. The molecule has 1 saturated carbocycles. The van der Waals surface area contributed by atoms with E-state index in [1.165, 1.54) is 6.42 Å². The minimum atomic E-state index is 0.0751. The van der Waals surface area contributed by atoms with Gasteiger partial charge in [0.05, 0.1) is 6.54 Å². The molecular formula is C27H32N8O. The van der Waals surface area contributed by atoms with Crippen LogP contribution in [0.2, 0.25) is 0 Å². The molecule has 3 aromatic heterocycles. The third-order valence-electron chi connectivity index (χ3n) is 6.95. The Bertz CT molecular complexity index is 1270. The lowest BCUT2D eigenvalue weighted by Crippen LogP contribution is -2.19. The van der Waals surface area contributed by atoms with Crippen LogP contribution in [0.1, 0.15) is 80.3 Å². The van der Waals surface area contributed by atoms with Gasteiger partial charge in [-0.15, -0.1) is 15.3 Å². The number of nitrogens with zero attached hydrogens (tertiary/aromatic N) is 7. The second-order valence-corrected chi connectivity index (χ2v) is 9.52. The number of tetrazole rings is 1. The van der Waals surface area contributed by atoms with Gasteiger partial charge in [0.15, 0.2) is 0 Å². The molecule has 1 fully saturated rings. The summed E-state index contributed by atoms with van der Waals surface area (Å²) in [6.07, 6.45) is 13.1. The quantitative estimate of drug-likeness (QED) is 0.247. The van der Waals surface area contributed by atoms with Gasteiger partial charge in [0, 0.05) is 30.3 Å². The standard InChI is InChI=1S/C27H32N8O/c1-2-3-5-10-24-29-27(25(36)21-8-6-4-7-9-21)32-35(24)18-19-11-13-20(14-12-19)22-15-16-28-17-23(22)26-30-33-34-31-26/h11-17,21H,2-10,18H2,1H3,(H,30,31,33,34). The van der Waals surface area contributed by atoms with E-state index in [4.69, 9.17) is 10.1 Å². The van der Waals surface area contributed by atoms with Crippen molar-refractivity contribution in [2.24, 2.45) is 5.92 Å². The van der Waals surface area contributed by atoms with Crippen LogP contribution >= 0.6 is 0 Å². The van der Waals surface area contributed by atoms with Crippen molar-refractivity contribution in [3.05, 3.63) is 59.9 Å². The fourth-order valence-corrected chi connectivity index (χ4v) is 4.93. The van der Waals surface area contributed by atoms with Crippen LogP contribution in [-0.2, 0) is 13.0 Å². The van der Waals surface area contributed by atoms with Gasteiger partial charge in [-0.1, -0.05) is 63.3 Å². The Morgan fingerprint density at radius 1 is 1.06 bits per heavy atom. The van der Waals surface area contributed by atoms with E-state index in [0.29, 0.717) is 18.2 Å². The summed E-state index contributed by atoms with van der Waals surface area (Å²) in [4.78, 5) is 22.1. The molecule has 5 rings (SSSR count). The monoisotopic (exact) mass is 484 g/mol. The van der Waals surface area contributed by atoms with Crippen molar-refractivity contribution in [3.8, 4) is 22.5 Å². The molecule has 9 nitrogen and oxygen atoms in total. The summed E-state index contributed by atoms with van der Waals surface area (Å²) in [5.41, 5.74) is 3.95. The summed E-state index contributed by atoms with van der Waals surface area (Å²) in [6.45, 7) is 2.78. The number of H-pyrrole nitrogens is 1. The highest BCUT2D eigenvalue weighted by atomic mass is 16.1. The fraction of sp³-hybridized carbons (Fsp3) is 0.444. The third kappa shape index (κ3) is 5.40. The first-order chi connectivity index (χ1) is 17.7. The van der Waals surface area contributed by atoms with Crippen molar-refractivity contribution >= 4 is 5.78 Å². The number of ketones is 1. The second kappa shape index (κ2) is 11.3. The number of Topliss-reactive ketones (excluding diaryl/α,β-unsaturated/α-hetero) is 1. The Balaban J connectivity index is 1.37. The number of carbonyl (C=O) groups is 1. The molecule has 0 atom stereocenters. The molecule has 3 heterocycles. The Hall–Kier alpha value is -3.75. The first-order valence-corrected chi connectivity index (χ1v) is 13.0. The Labute approximate surface area is 210 Å². The van der Waals surface area contributed by atoms with Gasteiger partial charge in [-0.05, 0) is 47.2 Å². The molecule has 1 N–H and O–H groups in total. The van der Waals surface area contributed by atoms with Gasteiger partial charge in [-0.2, -0.15) is 5.21 Å².